The smallest absolute Gasteiger partial charge is 0.436 e. The van der Waals surface area contributed by atoms with Gasteiger partial charge in [0.05, 0.1) is 11.3 Å². The first-order valence-corrected chi connectivity index (χ1v) is 19.4. The lowest BCUT2D eigenvalue weighted by molar-refractivity contribution is -0.384. The summed E-state index contributed by atoms with van der Waals surface area (Å²) in [6, 6.07) is 11.1. The molecule has 1 aliphatic rings. The van der Waals surface area contributed by atoms with Crippen molar-refractivity contribution in [1.29, 1.82) is 0 Å². The van der Waals surface area contributed by atoms with E-state index >= 15 is 0 Å². The van der Waals surface area contributed by atoms with Crippen molar-refractivity contribution in [2.75, 3.05) is 11.4 Å². The van der Waals surface area contributed by atoms with Crippen LogP contribution in [0, 0.1) is 10.1 Å². The Morgan fingerprint density at radius 3 is 1.86 bits per heavy atom. The number of carboxylic acid groups (broad SMARTS) is 1. The Bertz CT molecular complexity index is 2110. The highest BCUT2D eigenvalue weighted by molar-refractivity contribution is 7.12. The third-order valence-electron chi connectivity index (χ3n) is 8.20. The maximum absolute atomic E-state index is 14.5. The summed E-state index contributed by atoms with van der Waals surface area (Å²) < 4.78 is 16.4. The Morgan fingerprint density at radius 2 is 1.37 bits per heavy atom. The Kier molecular flexibility index (Phi) is 13.7. The minimum Gasteiger partial charge on any atom is -0.481 e. The van der Waals surface area contributed by atoms with Gasteiger partial charge in [-0.05, 0) is 112 Å². The first-order chi connectivity index (χ1) is 27.2. The van der Waals surface area contributed by atoms with E-state index in [2.05, 4.69) is 4.99 Å². The highest BCUT2D eigenvalue weighted by atomic mass is 32.1. The van der Waals surface area contributed by atoms with Crippen LogP contribution in [0.5, 0.6) is 0 Å². The molecule has 0 aliphatic carbocycles. The topological polar surface area (TPSA) is 216 Å². The third-order valence-corrected chi connectivity index (χ3v) is 9.44. The summed E-state index contributed by atoms with van der Waals surface area (Å²) in [4.78, 5) is 100. The molecule has 1 aromatic heterocycles. The molecule has 59 heavy (non-hydrogen) atoms. The molecule has 1 aliphatic heterocycles. The number of aliphatic imine (C=N–C) groups is 1. The van der Waals surface area contributed by atoms with Crippen molar-refractivity contribution in [3.63, 3.8) is 0 Å². The number of anilines is 1. The fourth-order valence-electron chi connectivity index (χ4n) is 5.82. The number of fused-ring (bicyclic) bond motifs is 1. The maximum Gasteiger partial charge on any atom is 0.436 e. The number of ether oxygens (including phenoxy) is 3. The molecule has 18 heteroatoms. The zero-order valence-corrected chi connectivity index (χ0v) is 35.5. The molecule has 0 saturated carbocycles. The molecule has 2 aromatic carbocycles. The average molecular weight is 836 g/mol. The van der Waals surface area contributed by atoms with Gasteiger partial charge in [-0.3, -0.25) is 29.4 Å². The summed E-state index contributed by atoms with van der Waals surface area (Å²) in [5, 5.41) is 20.7. The van der Waals surface area contributed by atoms with Gasteiger partial charge in [0.15, 0.2) is 5.84 Å². The minimum atomic E-state index is -1.21. The highest BCUT2D eigenvalue weighted by Crippen LogP contribution is 2.31. The SMILES string of the molecule is C[C@@H](C(=O)N1CCc2sc(CC(=O)O)cc2C1)N(C(=O)c1ccc(C(=NC(=O)OC(C)(C)C)N(C(=O)OC(C)(C)C)C(=O)OC(C)(C)C)cc1)c1ccc([N+](=O)[O-])cc1. The number of thiophene rings is 1. The van der Waals surface area contributed by atoms with Gasteiger partial charge in [-0.1, -0.05) is 12.1 Å². The maximum atomic E-state index is 14.5. The van der Waals surface area contributed by atoms with E-state index in [0.29, 0.717) is 22.7 Å². The van der Waals surface area contributed by atoms with Crippen LogP contribution in [0.25, 0.3) is 0 Å². The van der Waals surface area contributed by atoms with E-state index in [0.717, 1.165) is 10.4 Å². The summed E-state index contributed by atoms with van der Waals surface area (Å²) >= 11 is 1.39. The lowest BCUT2D eigenvalue weighted by atomic mass is 10.1. The number of imide groups is 1. The summed E-state index contributed by atoms with van der Waals surface area (Å²) in [6.07, 6.45) is -3.22. The van der Waals surface area contributed by atoms with Crippen LogP contribution in [-0.4, -0.2) is 91.1 Å². The van der Waals surface area contributed by atoms with Gasteiger partial charge in [-0.15, -0.1) is 11.3 Å². The molecule has 0 bridgehead atoms. The van der Waals surface area contributed by atoms with Crippen molar-refractivity contribution in [1.82, 2.24) is 9.80 Å². The summed E-state index contributed by atoms with van der Waals surface area (Å²) in [7, 11) is 0. The fraction of sp³-hybridized carbons (Fsp3) is 0.439. The number of rotatable bonds is 8. The fourth-order valence-corrected chi connectivity index (χ4v) is 6.98. The third kappa shape index (κ3) is 12.4. The van der Waals surface area contributed by atoms with Gasteiger partial charge < -0.3 is 24.2 Å². The van der Waals surface area contributed by atoms with Crippen LogP contribution in [-0.2, 0) is 43.2 Å². The van der Waals surface area contributed by atoms with Crippen LogP contribution in [0.1, 0.15) is 100 Å². The number of amides is 5. The quantitative estimate of drug-likeness (QED) is 0.0758. The first-order valence-electron chi connectivity index (χ1n) is 18.6. The Morgan fingerprint density at radius 1 is 0.847 bits per heavy atom. The molecule has 1 N–H and O–H groups in total. The van der Waals surface area contributed by atoms with Crippen molar-refractivity contribution in [3.05, 3.63) is 91.2 Å². The van der Waals surface area contributed by atoms with Gasteiger partial charge in [0.2, 0.25) is 5.91 Å². The van der Waals surface area contributed by atoms with E-state index in [1.165, 1.54) is 71.7 Å². The number of carbonyl (C=O) groups excluding carboxylic acids is 5. The molecule has 1 atom stereocenters. The summed E-state index contributed by atoms with van der Waals surface area (Å²) in [5.74, 6) is -2.61. The van der Waals surface area contributed by atoms with Crippen LogP contribution >= 0.6 is 11.3 Å². The number of aliphatic carboxylic acids is 1. The molecular weight excluding hydrogens is 787 g/mol. The predicted octanol–water partition coefficient (Wildman–Crippen LogP) is 7.76. The van der Waals surface area contributed by atoms with Gasteiger partial charge in [0.25, 0.3) is 11.6 Å². The van der Waals surface area contributed by atoms with Gasteiger partial charge in [-0.25, -0.2) is 14.4 Å². The molecule has 3 aromatic rings. The largest absolute Gasteiger partial charge is 0.481 e. The number of amidine groups is 1. The van der Waals surface area contributed by atoms with Gasteiger partial charge in [-0.2, -0.15) is 9.89 Å². The first kappa shape index (κ1) is 45.5. The second kappa shape index (κ2) is 17.8. The molecular formula is C41H49N5O12S. The van der Waals surface area contributed by atoms with E-state index in [9.17, 15) is 44.0 Å². The lowest BCUT2D eigenvalue weighted by Crippen LogP contribution is -2.50. The van der Waals surface area contributed by atoms with Crippen molar-refractivity contribution >= 4 is 64.6 Å². The number of non-ortho nitro benzene ring substituents is 1. The number of nitro benzene ring substituents is 1. The highest BCUT2D eigenvalue weighted by Gasteiger charge is 2.38. The number of benzene rings is 2. The Labute approximate surface area is 345 Å². The minimum absolute atomic E-state index is 0.00251. The molecule has 17 nitrogen and oxygen atoms in total. The number of nitrogens with zero attached hydrogens (tertiary/aromatic N) is 5. The Hall–Kier alpha value is -6.17. The van der Waals surface area contributed by atoms with Crippen molar-refractivity contribution < 1.29 is 53.0 Å². The monoisotopic (exact) mass is 835 g/mol. The lowest BCUT2D eigenvalue weighted by Gasteiger charge is -2.34. The molecule has 2 heterocycles. The number of nitro groups is 1. The second-order valence-electron chi connectivity index (χ2n) is 16.7. The van der Waals surface area contributed by atoms with E-state index in [-0.39, 0.29) is 35.5 Å². The van der Waals surface area contributed by atoms with Crippen LogP contribution in [0.15, 0.2) is 59.6 Å². The zero-order valence-electron chi connectivity index (χ0n) is 34.7. The van der Waals surface area contributed by atoms with Crippen molar-refractivity contribution in [2.24, 2.45) is 4.99 Å². The molecule has 4 rings (SSSR count). The van der Waals surface area contributed by atoms with Crippen LogP contribution in [0.4, 0.5) is 25.8 Å². The number of carboxylic acids is 1. The number of carbonyl (C=O) groups is 6. The van der Waals surface area contributed by atoms with Gasteiger partial charge in [0, 0.05) is 51.8 Å². The Balaban J connectivity index is 1.77. The zero-order chi connectivity index (χ0) is 44.2. The average Bonchev–Trinajstić information content (AvgIpc) is 3.50. The molecule has 5 amide bonds. The number of hydrogen-bond donors (Lipinski definition) is 1. The van der Waals surface area contributed by atoms with Crippen LogP contribution in [0.3, 0.4) is 0 Å². The van der Waals surface area contributed by atoms with E-state index in [4.69, 9.17) is 14.2 Å². The predicted molar refractivity (Wildman–Crippen MR) is 218 cm³/mol. The molecule has 0 fully saturated rings. The second-order valence-corrected chi connectivity index (χ2v) is 17.9. The molecule has 316 valence electrons. The normalized spacial score (nSPS) is 13.7. The van der Waals surface area contributed by atoms with Crippen LogP contribution in [0.2, 0.25) is 0 Å². The van der Waals surface area contributed by atoms with E-state index < -0.39 is 69.7 Å². The van der Waals surface area contributed by atoms with Crippen molar-refractivity contribution in [2.45, 2.75) is 111 Å². The number of hydrogen-bond acceptors (Lipinski definition) is 12. The molecule has 0 saturated heterocycles. The van der Waals surface area contributed by atoms with Crippen molar-refractivity contribution in [3.8, 4) is 0 Å². The molecule has 0 unspecified atom stereocenters. The molecule has 0 spiro atoms. The van der Waals surface area contributed by atoms with Gasteiger partial charge >= 0.3 is 24.2 Å². The summed E-state index contributed by atoms with van der Waals surface area (Å²) in [6.45, 7) is 16.3. The van der Waals surface area contributed by atoms with E-state index in [1.807, 2.05) is 0 Å². The standard InChI is InChI=1S/C41H49N5O12S/c1-24(34(49)43-20-19-31-27(23-43)21-30(59-31)22-32(47)48)44(28-15-17-29(18-16-28)46(54)55)35(50)26-13-11-25(12-14-26)33(42-36(51)56-39(2,3)4)45(37(52)57-40(5,6)7)38(53)58-41(8,9)10/h11-18,21,24H,19-20,22-23H2,1-10H3,(H,47,48)/t24-/m0/s1. The van der Waals surface area contributed by atoms with Gasteiger partial charge in [0.1, 0.15) is 22.8 Å². The van der Waals surface area contributed by atoms with Crippen LogP contribution < -0.4 is 4.90 Å². The molecule has 0 radical (unpaired) electrons. The summed E-state index contributed by atoms with van der Waals surface area (Å²) in [5.41, 5.74) is -2.43. The van der Waals surface area contributed by atoms with E-state index in [1.54, 1.807) is 73.3 Å².